The van der Waals surface area contributed by atoms with Crippen molar-refractivity contribution in [1.82, 2.24) is 19.3 Å². The number of hydrogen-bond donors (Lipinski definition) is 0. The topological polar surface area (TPSA) is 52.7 Å². The Hall–Kier alpha value is -3.21. The van der Waals surface area contributed by atoms with Gasteiger partial charge in [-0.05, 0) is 55.3 Å². The van der Waals surface area contributed by atoms with Crippen molar-refractivity contribution >= 4 is 10.9 Å². The molecule has 0 atom stereocenters. The van der Waals surface area contributed by atoms with Crippen LogP contribution in [0.25, 0.3) is 27.7 Å². The lowest BCUT2D eigenvalue weighted by Gasteiger charge is -2.11. The van der Waals surface area contributed by atoms with Gasteiger partial charge in [-0.3, -0.25) is 9.78 Å². The van der Waals surface area contributed by atoms with Gasteiger partial charge in [0.25, 0.3) is 0 Å². The van der Waals surface area contributed by atoms with Gasteiger partial charge in [-0.2, -0.15) is 5.10 Å². The van der Waals surface area contributed by atoms with Gasteiger partial charge in [-0.25, -0.2) is 4.68 Å². The second kappa shape index (κ2) is 5.70. The Bertz CT molecular complexity index is 1140. The van der Waals surface area contributed by atoms with Gasteiger partial charge in [0.2, 0.25) is 5.56 Å². The normalized spacial score (nSPS) is 11.2. The van der Waals surface area contributed by atoms with Crippen LogP contribution in [-0.4, -0.2) is 19.3 Å². The molecule has 0 fully saturated rings. The molecule has 0 amide bonds. The zero-order chi connectivity index (χ0) is 17.6. The highest BCUT2D eigenvalue weighted by molar-refractivity contribution is 5.87. The average Bonchev–Trinajstić information content (AvgIpc) is 3.05. The van der Waals surface area contributed by atoms with Crippen molar-refractivity contribution in [1.29, 1.82) is 0 Å². The van der Waals surface area contributed by atoms with Gasteiger partial charge < -0.3 is 4.57 Å². The number of benzene rings is 1. The Morgan fingerprint density at radius 1 is 1.08 bits per heavy atom. The highest BCUT2D eigenvalue weighted by Crippen LogP contribution is 2.28. The van der Waals surface area contributed by atoms with Gasteiger partial charge >= 0.3 is 0 Å². The predicted molar refractivity (Wildman–Crippen MR) is 99.0 cm³/mol. The van der Waals surface area contributed by atoms with Crippen LogP contribution in [0.15, 0.2) is 59.8 Å². The molecule has 0 N–H and O–H groups in total. The van der Waals surface area contributed by atoms with Crippen molar-refractivity contribution in [2.24, 2.45) is 7.05 Å². The van der Waals surface area contributed by atoms with Gasteiger partial charge in [0.05, 0.1) is 17.4 Å². The summed E-state index contributed by atoms with van der Waals surface area (Å²) in [6.07, 6.45) is 5.55. The van der Waals surface area contributed by atoms with Crippen LogP contribution in [0.2, 0.25) is 0 Å². The molecule has 1 aromatic carbocycles. The van der Waals surface area contributed by atoms with Gasteiger partial charge in [0, 0.05) is 42.2 Å². The van der Waals surface area contributed by atoms with E-state index in [1.54, 1.807) is 30.1 Å². The third-order valence-electron chi connectivity index (χ3n) is 4.64. The lowest BCUT2D eigenvalue weighted by molar-refractivity contribution is 0.821. The first-order valence-electron chi connectivity index (χ1n) is 8.12. The lowest BCUT2D eigenvalue weighted by Crippen LogP contribution is -2.17. The number of hydrogen-bond acceptors (Lipinski definition) is 3. The summed E-state index contributed by atoms with van der Waals surface area (Å²) >= 11 is 0. The SMILES string of the molecule is Cc1cc(-c2ccc(=O)n(C)c2C)cc2cn(-c3cccnc3)nc12. The fourth-order valence-electron chi connectivity index (χ4n) is 3.13. The highest BCUT2D eigenvalue weighted by Gasteiger charge is 2.11. The second-order valence-corrected chi connectivity index (χ2v) is 6.25. The third kappa shape index (κ3) is 2.54. The van der Waals surface area contributed by atoms with Crippen LogP contribution in [0.4, 0.5) is 0 Å². The molecule has 5 nitrogen and oxygen atoms in total. The van der Waals surface area contributed by atoms with Crippen LogP contribution < -0.4 is 5.56 Å². The standard InChI is InChI=1S/C20H18N4O/c1-13-9-15(18-6-7-19(25)23(3)14(18)2)10-16-12-24(22-20(13)16)17-5-4-8-21-11-17/h4-12H,1-3H3. The Kier molecular flexibility index (Phi) is 3.50. The number of aromatic nitrogens is 4. The molecule has 25 heavy (non-hydrogen) atoms. The van der Waals surface area contributed by atoms with E-state index in [0.717, 1.165) is 39.0 Å². The molecule has 0 saturated carbocycles. The van der Waals surface area contributed by atoms with Crippen molar-refractivity contribution in [2.45, 2.75) is 13.8 Å². The summed E-state index contributed by atoms with van der Waals surface area (Å²) in [6, 6.07) is 11.6. The van der Waals surface area contributed by atoms with E-state index >= 15 is 0 Å². The zero-order valence-corrected chi connectivity index (χ0v) is 14.4. The lowest BCUT2D eigenvalue weighted by atomic mass is 10.00. The molecular formula is C20H18N4O. The molecular weight excluding hydrogens is 312 g/mol. The van der Waals surface area contributed by atoms with E-state index in [-0.39, 0.29) is 5.56 Å². The van der Waals surface area contributed by atoms with Crippen molar-refractivity contribution in [2.75, 3.05) is 0 Å². The molecule has 3 aromatic heterocycles. The minimum atomic E-state index is 0.00319. The Balaban J connectivity index is 1.91. The molecule has 4 rings (SSSR count). The average molecular weight is 330 g/mol. The minimum absolute atomic E-state index is 0.00319. The summed E-state index contributed by atoms with van der Waals surface area (Å²) in [5, 5.41) is 5.75. The summed E-state index contributed by atoms with van der Waals surface area (Å²) in [7, 11) is 1.80. The number of pyridine rings is 2. The molecule has 4 aromatic rings. The van der Waals surface area contributed by atoms with Crippen molar-refractivity contribution < 1.29 is 0 Å². The van der Waals surface area contributed by atoms with Gasteiger partial charge in [0.15, 0.2) is 0 Å². The van der Waals surface area contributed by atoms with Crippen molar-refractivity contribution in [3.05, 3.63) is 76.6 Å². The van der Waals surface area contributed by atoms with Crippen molar-refractivity contribution in [3.63, 3.8) is 0 Å². The molecule has 0 saturated heterocycles. The molecule has 0 radical (unpaired) electrons. The van der Waals surface area contributed by atoms with Crippen LogP contribution in [0.5, 0.6) is 0 Å². The predicted octanol–water partition coefficient (Wildman–Crippen LogP) is 3.40. The Labute approximate surface area is 145 Å². The molecule has 0 unspecified atom stereocenters. The van der Waals surface area contributed by atoms with Crippen LogP contribution >= 0.6 is 0 Å². The molecule has 5 heteroatoms. The monoisotopic (exact) mass is 330 g/mol. The molecule has 0 aliphatic carbocycles. The van der Waals surface area contributed by atoms with E-state index in [1.165, 1.54) is 0 Å². The van der Waals surface area contributed by atoms with Gasteiger partial charge in [-0.15, -0.1) is 0 Å². The molecule has 0 bridgehead atoms. The smallest absolute Gasteiger partial charge is 0.250 e. The Morgan fingerprint density at radius 2 is 1.92 bits per heavy atom. The minimum Gasteiger partial charge on any atom is -0.315 e. The molecule has 3 heterocycles. The highest BCUT2D eigenvalue weighted by atomic mass is 16.1. The largest absolute Gasteiger partial charge is 0.315 e. The summed E-state index contributed by atoms with van der Waals surface area (Å²) in [6.45, 7) is 4.03. The van der Waals surface area contributed by atoms with Crippen molar-refractivity contribution in [3.8, 4) is 16.8 Å². The van der Waals surface area contributed by atoms with E-state index < -0.39 is 0 Å². The van der Waals surface area contributed by atoms with Gasteiger partial charge in [-0.1, -0.05) is 0 Å². The van der Waals surface area contributed by atoms with Crippen LogP contribution in [-0.2, 0) is 7.05 Å². The fraction of sp³-hybridized carbons (Fsp3) is 0.150. The molecule has 0 aliphatic heterocycles. The van der Waals surface area contributed by atoms with Crippen LogP contribution in [0.3, 0.4) is 0 Å². The maximum Gasteiger partial charge on any atom is 0.250 e. The molecule has 0 aliphatic rings. The van der Waals surface area contributed by atoms with Crippen LogP contribution in [0, 0.1) is 13.8 Å². The number of nitrogens with zero attached hydrogens (tertiary/aromatic N) is 4. The van der Waals surface area contributed by atoms with E-state index in [1.807, 2.05) is 36.0 Å². The maximum absolute atomic E-state index is 11.8. The Morgan fingerprint density at radius 3 is 2.68 bits per heavy atom. The summed E-state index contributed by atoms with van der Waals surface area (Å²) < 4.78 is 3.52. The number of fused-ring (bicyclic) bond motifs is 1. The first kappa shape index (κ1) is 15.3. The molecule has 124 valence electrons. The summed E-state index contributed by atoms with van der Waals surface area (Å²) in [5.41, 5.74) is 6.09. The summed E-state index contributed by atoms with van der Waals surface area (Å²) in [4.78, 5) is 16.0. The van der Waals surface area contributed by atoms with Gasteiger partial charge in [0.1, 0.15) is 0 Å². The quantitative estimate of drug-likeness (QED) is 0.566. The first-order valence-corrected chi connectivity index (χ1v) is 8.12. The number of aryl methyl sites for hydroxylation is 1. The van der Waals surface area contributed by atoms with E-state index in [9.17, 15) is 4.79 Å². The van der Waals surface area contributed by atoms with E-state index in [4.69, 9.17) is 5.10 Å². The maximum atomic E-state index is 11.8. The second-order valence-electron chi connectivity index (χ2n) is 6.25. The zero-order valence-electron chi connectivity index (χ0n) is 14.4. The first-order chi connectivity index (χ1) is 12.0. The fourth-order valence-corrected chi connectivity index (χ4v) is 3.13. The third-order valence-corrected chi connectivity index (χ3v) is 4.64. The van der Waals surface area contributed by atoms with E-state index in [2.05, 4.69) is 24.0 Å². The summed E-state index contributed by atoms with van der Waals surface area (Å²) in [5.74, 6) is 0. The molecule has 0 spiro atoms. The van der Waals surface area contributed by atoms with E-state index in [0.29, 0.717) is 0 Å². The van der Waals surface area contributed by atoms with Crippen LogP contribution in [0.1, 0.15) is 11.3 Å². The number of rotatable bonds is 2.